The monoisotopic (exact) mass is 174 g/mol. The van der Waals surface area contributed by atoms with E-state index in [0.29, 0.717) is 0 Å². The van der Waals surface area contributed by atoms with Gasteiger partial charge in [-0.25, -0.2) is 14.8 Å². The first kappa shape index (κ1) is 12.9. The Morgan fingerprint density at radius 3 is 1.92 bits per heavy atom. The van der Waals surface area contributed by atoms with E-state index in [1.165, 1.54) is 13.4 Å². The lowest BCUT2D eigenvalue weighted by Crippen LogP contribution is -2.24. The number of nitrogens with two attached hydrogens (primary N) is 1. The Morgan fingerprint density at radius 1 is 1.42 bits per heavy atom. The maximum Gasteiger partial charge on any atom is 0.311 e. The second kappa shape index (κ2) is 9.28. The van der Waals surface area contributed by atoms with Gasteiger partial charge in [-0.3, -0.25) is 4.70 Å². The summed E-state index contributed by atoms with van der Waals surface area (Å²) < 4.78 is 0. The van der Waals surface area contributed by atoms with Gasteiger partial charge in [-0.1, -0.05) is 0 Å². The van der Waals surface area contributed by atoms with E-state index in [1.54, 1.807) is 18.5 Å². The Hall–Kier alpha value is -1.72. The van der Waals surface area contributed by atoms with Gasteiger partial charge >= 0.3 is 6.03 Å². The molecule has 0 aliphatic carbocycles. The highest BCUT2D eigenvalue weighted by Gasteiger charge is 1.72. The normalized spacial score (nSPS) is 6.75. The molecule has 1 rings (SSSR count). The predicted octanol–water partition coefficient (Wildman–Crippen LogP) is -0.0864. The van der Waals surface area contributed by atoms with Crippen LogP contribution < -0.4 is 11.1 Å². The van der Waals surface area contributed by atoms with E-state index in [2.05, 4.69) is 21.0 Å². The summed E-state index contributed by atoms with van der Waals surface area (Å²) >= 11 is 0. The highest BCUT2D eigenvalue weighted by Crippen LogP contribution is 1.66. The molecule has 1 aromatic rings. The van der Waals surface area contributed by atoms with Gasteiger partial charge in [0.2, 0.25) is 0 Å². The first-order valence-electron chi connectivity index (χ1n) is 2.94. The van der Waals surface area contributed by atoms with Crippen molar-refractivity contribution in [2.24, 2.45) is 5.73 Å². The zero-order valence-corrected chi connectivity index (χ0v) is 6.60. The van der Waals surface area contributed by atoms with E-state index >= 15 is 0 Å². The molecule has 1 aromatic heterocycles. The number of nitrogens with one attached hydrogen (secondary N) is 1. The number of urea groups is 1. The summed E-state index contributed by atoms with van der Waals surface area (Å²) in [6.45, 7) is 0. The van der Waals surface area contributed by atoms with Crippen LogP contribution in [0.3, 0.4) is 0 Å². The Balaban J connectivity index is 0. The Labute approximate surface area is 69.4 Å². The van der Waals surface area contributed by atoms with Crippen molar-refractivity contribution < 1.29 is 9.50 Å². The summed E-state index contributed by atoms with van der Waals surface area (Å²) in [5, 5.41) is 2.17. The van der Waals surface area contributed by atoms with E-state index in [-0.39, 0.29) is 4.70 Å². The van der Waals surface area contributed by atoms with Crippen LogP contribution in [0.4, 0.5) is 9.50 Å². The van der Waals surface area contributed by atoms with Crippen LogP contribution >= 0.6 is 0 Å². The average Bonchev–Trinajstić information content (AvgIpc) is 2.09. The highest BCUT2D eigenvalue weighted by molar-refractivity contribution is 5.71. The highest BCUT2D eigenvalue weighted by atomic mass is 19.0. The number of rotatable bonds is 0. The van der Waals surface area contributed by atoms with Crippen LogP contribution in [0.25, 0.3) is 0 Å². The zero-order chi connectivity index (χ0) is 8.53. The number of amides is 2. The molecule has 0 aliphatic rings. The first-order chi connectivity index (χ1) is 5.27. The lowest BCUT2D eigenvalue weighted by molar-refractivity contribution is 0.251. The molecule has 0 saturated carbocycles. The fourth-order valence-corrected chi connectivity index (χ4v) is 0.253. The van der Waals surface area contributed by atoms with E-state index in [0.717, 1.165) is 0 Å². The smallest absolute Gasteiger partial charge is 0.311 e. The molecule has 6 heteroatoms. The minimum Gasteiger partial charge on any atom is -0.352 e. The van der Waals surface area contributed by atoms with Gasteiger partial charge in [-0.15, -0.1) is 0 Å². The van der Waals surface area contributed by atoms with Gasteiger partial charge in [0.15, 0.2) is 0 Å². The molecule has 2 amide bonds. The lowest BCUT2D eigenvalue weighted by atomic mass is 10.7. The summed E-state index contributed by atoms with van der Waals surface area (Å²) in [7, 11) is 1.47. The van der Waals surface area contributed by atoms with Crippen LogP contribution in [-0.4, -0.2) is 23.0 Å². The summed E-state index contributed by atoms with van der Waals surface area (Å²) in [5.41, 5.74) is 4.54. The van der Waals surface area contributed by atoms with Crippen molar-refractivity contribution in [1.29, 1.82) is 0 Å². The third-order valence-corrected chi connectivity index (χ3v) is 0.724. The van der Waals surface area contributed by atoms with Crippen LogP contribution in [0.5, 0.6) is 0 Å². The molecule has 0 radical (unpaired) electrons. The summed E-state index contributed by atoms with van der Waals surface area (Å²) in [4.78, 5) is 16.8. The number of hydrogen-bond donors (Lipinski definition) is 2. The van der Waals surface area contributed by atoms with Crippen LogP contribution in [0, 0.1) is 0 Å². The molecule has 5 nitrogen and oxygen atoms in total. The lowest BCUT2D eigenvalue weighted by Gasteiger charge is -1.80. The molecule has 0 aliphatic heterocycles. The summed E-state index contributed by atoms with van der Waals surface area (Å²) in [6.07, 6.45) is 4.88. The van der Waals surface area contributed by atoms with E-state index in [9.17, 15) is 4.79 Å². The molecule has 0 bridgehead atoms. The molecule has 0 aromatic carbocycles. The van der Waals surface area contributed by atoms with E-state index < -0.39 is 6.03 Å². The zero-order valence-electron chi connectivity index (χ0n) is 6.60. The van der Waals surface area contributed by atoms with Gasteiger partial charge in [-0.05, 0) is 6.07 Å². The SMILES string of the molecule is CNC(N)=O.F.c1cncnc1. The number of primary amides is 1. The maximum atomic E-state index is 9.48. The molecule has 68 valence electrons. The number of carbonyl (C=O) groups excluding carboxylic acids is 1. The second-order valence-electron chi connectivity index (χ2n) is 1.52. The van der Waals surface area contributed by atoms with Gasteiger partial charge in [0.25, 0.3) is 0 Å². The quantitative estimate of drug-likeness (QED) is 0.577. The topological polar surface area (TPSA) is 80.9 Å². The maximum absolute atomic E-state index is 9.48. The van der Waals surface area contributed by atoms with Crippen LogP contribution in [0.2, 0.25) is 0 Å². The molecule has 0 spiro atoms. The van der Waals surface area contributed by atoms with Crippen molar-refractivity contribution in [1.82, 2.24) is 15.3 Å². The van der Waals surface area contributed by atoms with E-state index in [1.807, 2.05) is 0 Å². The Bertz CT molecular complexity index is 167. The fraction of sp³-hybridized carbons (Fsp3) is 0.167. The van der Waals surface area contributed by atoms with Crippen LogP contribution in [0.1, 0.15) is 0 Å². The van der Waals surface area contributed by atoms with Crippen molar-refractivity contribution in [3.63, 3.8) is 0 Å². The minimum absolute atomic E-state index is 0. The fourth-order valence-electron chi connectivity index (χ4n) is 0.253. The largest absolute Gasteiger partial charge is 0.352 e. The molecule has 3 N–H and O–H groups in total. The van der Waals surface area contributed by atoms with Crippen LogP contribution in [0.15, 0.2) is 24.8 Å². The molecule has 0 unspecified atom stereocenters. The Morgan fingerprint density at radius 2 is 1.83 bits per heavy atom. The average molecular weight is 174 g/mol. The van der Waals surface area contributed by atoms with Gasteiger partial charge in [-0.2, -0.15) is 0 Å². The summed E-state index contributed by atoms with van der Waals surface area (Å²) in [6, 6.07) is 1.28. The number of halogens is 1. The summed E-state index contributed by atoms with van der Waals surface area (Å²) in [5.74, 6) is 0. The number of nitrogens with zero attached hydrogens (tertiary/aromatic N) is 2. The van der Waals surface area contributed by atoms with Gasteiger partial charge < -0.3 is 11.1 Å². The molecular formula is C6H11FN4O. The first-order valence-corrected chi connectivity index (χ1v) is 2.94. The molecule has 1 heterocycles. The van der Waals surface area contributed by atoms with E-state index in [4.69, 9.17) is 0 Å². The van der Waals surface area contributed by atoms with Crippen molar-refractivity contribution in [3.8, 4) is 0 Å². The molecular weight excluding hydrogens is 163 g/mol. The number of hydrogen-bond acceptors (Lipinski definition) is 3. The van der Waals surface area contributed by atoms with Crippen LogP contribution in [-0.2, 0) is 0 Å². The molecule has 12 heavy (non-hydrogen) atoms. The number of aromatic nitrogens is 2. The molecule has 0 fully saturated rings. The molecule has 0 saturated heterocycles. The number of carbonyl (C=O) groups is 1. The molecule has 0 atom stereocenters. The minimum atomic E-state index is -0.495. The van der Waals surface area contributed by atoms with Gasteiger partial charge in [0, 0.05) is 19.4 Å². The third-order valence-electron chi connectivity index (χ3n) is 0.724. The van der Waals surface area contributed by atoms with Crippen molar-refractivity contribution in [2.45, 2.75) is 0 Å². The van der Waals surface area contributed by atoms with Crippen molar-refractivity contribution in [2.75, 3.05) is 7.05 Å². The van der Waals surface area contributed by atoms with Gasteiger partial charge in [0.05, 0.1) is 0 Å². The standard InChI is InChI=1S/C4H4N2.C2H6N2O.FH/c1-2-5-4-6-3-1;1-4-2(3)5;/h1-4H;1H3,(H3,3,4,5);1H. The predicted molar refractivity (Wildman–Crippen MR) is 43.2 cm³/mol. The Kier molecular flexibility index (Phi) is 9.99. The van der Waals surface area contributed by atoms with Crippen molar-refractivity contribution >= 4 is 6.03 Å². The second-order valence-corrected chi connectivity index (χ2v) is 1.52. The third kappa shape index (κ3) is 11.1. The van der Waals surface area contributed by atoms with Crippen molar-refractivity contribution in [3.05, 3.63) is 24.8 Å². The van der Waals surface area contributed by atoms with Gasteiger partial charge in [0.1, 0.15) is 6.33 Å².